The number of benzene rings is 2. The minimum atomic E-state index is -4.11. The monoisotopic (exact) mass is 349 g/mol. The molecule has 0 bridgehead atoms. The van der Waals surface area contributed by atoms with Gasteiger partial charge in [0.05, 0.1) is 17.3 Å². The fraction of sp³-hybridized carbons (Fsp3) is 0.0769. The molecule has 4 nitrogen and oxygen atoms in total. The van der Waals surface area contributed by atoms with Gasteiger partial charge in [0, 0.05) is 5.02 Å². The fourth-order valence-electron chi connectivity index (χ4n) is 1.63. The lowest BCUT2D eigenvalue weighted by atomic mass is 10.2. The molecule has 2 N–H and O–H groups in total. The van der Waals surface area contributed by atoms with Crippen molar-refractivity contribution in [2.24, 2.45) is 0 Å². The van der Waals surface area contributed by atoms with E-state index in [4.69, 9.17) is 28.3 Å². The van der Waals surface area contributed by atoms with Crippen LogP contribution in [0, 0.1) is 5.82 Å². The van der Waals surface area contributed by atoms with Crippen molar-refractivity contribution in [3.05, 3.63) is 57.8 Å². The molecule has 2 rings (SSSR count). The summed E-state index contributed by atoms with van der Waals surface area (Å²) in [5, 5.41) is 9.20. The van der Waals surface area contributed by atoms with Gasteiger partial charge < -0.3 is 5.11 Å². The quantitative estimate of drug-likeness (QED) is 0.888. The van der Waals surface area contributed by atoms with Gasteiger partial charge in [0.15, 0.2) is 0 Å². The third-order valence-corrected chi connectivity index (χ3v) is 4.72. The minimum Gasteiger partial charge on any atom is -0.392 e. The highest BCUT2D eigenvalue weighted by atomic mass is 35.5. The Morgan fingerprint density at radius 1 is 1.14 bits per heavy atom. The van der Waals surface area contributed by atoms with E-state index >= 15 is 0 Å². The van der Waals surface area contributed by atoms with Gasteiger partial charge in [0.25, 0.3) is 10.0 Å². The Labute approximate surface area is 131 Å². The second kappa shape index (κ2) is 6.19. The first-order valence-corrected chi connectivity index (χ1v) is 7.94. The van der Waals surface area contributed by atoms with Gasteiger partial charge >= 0.3 is 0 Å². The molecule has 0 aliphatic heterocycles. The van der Waals surface area contributed by atoms with Crippen LogP contribution < -0.4 is 4.72 Å². The smallest absolute Gasteiger partial charge is 0.263 e. The summed E-state index contributed by atoms with van der Waals surface area (Å²) >= 11 is 11.6. The third-order valence-electron chi connectivity index (χ3n) is 2.64. The van der Waals surface area contributed by atoms with Gasteiger partial charge in [-0.15, -0.1) is 0 Å². The number of aliphatic hydroxyl groups excluding tert-OH is 1. The van der Waals surface area contributed by atoms with Crippen LogP contribution in [0.1, 0.15) is 5.56 Å². The van der Waals surface area contributed by atoms with E-state index in [2.05, 4.69) is 4.72 Å². The van der Waals surface area contributed by atoms with Crippen molar-refractivity contribution in [2.45, 2.75) is 11.5 Å². The lowest BCUT2D eigenvalue weighted by Gasteiger charge is -2.11. The highest BCUT2D eigenvalue weighted by Crippen LogP contribution is 2.27. The van der Waals surface area contributed by atoms with Crippen LogP contribution in [-0.4, -0.2) is 13.5 Å². The first-order chi connectivity index (χ1) is 9.83. The number of nitrogens with one attached hydrogen (secondary N) is 1. The number of halogens is 3. The van der Waals surface area contributed by atoms with Crippen LogP contribution >= 0.6 is 23.2 Å². The molecule has 0 atom stereocenters. The second-order valence-electron chi connectivity index (χ2n) is 4.15. The summed E-state index contributed by atoms with van der Waals surface area (Å²) in [6.07, 6.45) is 0. The third kappa shape index (κ3) is 3.65. The second-order valence-corrected chi connectivity index (χ2v) is 6.65. The Kier molecular flexibility index (Phi) is 4.73. The highest BCUT2D eigenvalue weighted by Gasteiger charge is 2.20. The van der Waals surface area contributed by atoms with E-state index in [1.165, 1.54) is 24.3 Å². The van der Waals surface area contributed by atoms with Gasteiger partial charge in [-0.2, -0.15) is 0 Å². The maximum absolute atomic E-state index is 13.6. The molecular weight excluding hydrogens is 340 g/mol. The Morgan fingerprint density at radius 3 is 2.52 bits per heavy atom. The minimum absolute atomic E-state index is 0.0397. The molecule has 0 aliphatic carbocycles. The molecule has 0 fully saturated rings. The SMILES string of the molecule is O=S(=O)(Nc1cc(Cl)ccc1F)c1cc(CO)ccc1Cl. The molecule has 0 saturated carbocycles. The predicted octanol–water partition coefficient (Wildman–Crippen LogP) is 3.43. The first kappa shape index (κ1) is 16.0. The Morgan fingerprint density at radius 2 is 1.86 bits per heavy atom. The summed E-state index contributed by atoms with van der Waals surface area (Å²) in [5.41, 5.74) is 0.0827. The summed E-state index contributed by atoms with van der Waals surface area (Å²) in [6.45, 7) is -0.342. The normalized spacial score (nSPS) is 11.4. The molecule has 0 aromatic heterocycles. The van der Waals surface area contributed by atoms with Crippen molar-refractivity contribution in [3.63, 3.8) is 0 Å². The van der Waals surface area contributed by atoms with Gasteiger partial charge in [0.2, 0.25) is 0 Å². The summed E-state index contributed by atoms with van der Waals surface area (Å²) in [5.74, 6) is -0.766. The predicted molar refractivity (Wildman–Crippen MR) is 79.6 cm³/mol. The van der Waals surface area contributed by atoms with Crippen molar-refractivity contribution in [3.8, 4) is 0 Å². The lowest BCUT2D eigenvalue weighted by molar-refractivity contribution is 0.281. The number of anilines is 1. The van der Waals surface area contributed by atoms with E-state index in [0.29, 0.717) is 5.56 Å². The van der Waals surface area contributed by atoms with Gasteiger partial charge in [-0.1, -0.05) is 29.3 Å². The Balaban J connectivity index is 2.45. The number of sulfonamides is 1. The number of hydrogen-bond donors (Lipinski definition) is 2. The summed E-state index contributed by atoms with van der Waals surface area (Å²) < 4.78 is 40.2. The van der Waals surface area contributed by atoms with E-state index in [1.807, 2.05) is 0 Å². The zero-order valence-electron chi connectivity index (χ0n) is 10.5. The first-order valence-electron chi connectivity index (χ1n) is 5.70. The van der Waals surface area contributed by atoms with Crippen molar-refractivity contribution in [1.29, 1.82) is 0 Å². The zero-order chi connectivity index (χ0) is 15.6. The number of rotatable bonds is 4. The molecule has 112 valence electrons. The van der Waals surface area contributed by atoms with E-state index < -0.39 is 15.8 Å². The number of aliphatic hydroxyl groups is 1. The van der Waals surface area contributed by atoms with Crippen LogP contribution in [0.3, 0.4) is 0 Å². The summed E-state index contributed by atoms with van der Waals surface area (Å²) in [4.78, 5) is -0.255. The molecule has 0 amide bonds. The Bertz CT molecular complexity index is 781. The van der Waals surface area contributed by atoms with E-state index in [9.17, 15) is 12.8 Å². The van der Waals surface area contributed by atoms with E-state index in [-0.39, 0.29) is 27.2 Å². The molecule has 8 heteroatoms. The van der Waals surface area contributed by atoms with E-state index in [1.54, 1.807) is 0 Å². The largest absolute Gasteiger partial charge is 0.392 e. The zero-order valence-corrected chi connectivity index (χ0v) is 12.8. The molecule has 21 heavy (non-hydrogen) atoms. The van der Waals surface area contributed by atoms with Gasteiger partial charge in [0.1, 0.15) is 10.7 Å². The van der Waals surface area contributed by atoms with Crippen LogP contribution in [0.5, 0.6) is 0 Å². The van der Waals surface area contributed by atoms with Crippen molar-refractivity contribution >= 4 is 38.9 Å². The van der Waals surface area contributed by atoms with Crippen LogP contribution in [0.25, 0.3) is 0 Å². The number of hydrogen-bond acceptors (Lipinski definition) is 3. The molecule has 2 aromatic rings. The average Bonchev–Trinajstić information content (AvgIpc) is 2.43. The van der Waals surface area contributed by atoms with Crippen molar-refractivity contribution < 1.29 is 17.9 Å². The van der Waals surface area contributed by atoms with Crippen LogP contribution in [-0.2, 0) is 16.6 Å². The average molecular weight is 350 g/mol. The summed E-state index contributed by atoms with van der Waals surface area (Å²) in [7, 11) is -4.11. The maximum atomic E-state index is 13.6. The van der Waals surface area contributed by atoms with Crippen molar-refractivity contribution in [2.75, 3.05) is 4.72 Å². The van der Waals surface area contributed by atoms with Gasteiger partial charge in [-0.05, 0) is 35.9 Å². The Hall–Kier alpha value is -1.34. The molecule has 0 spiro atoms. The molecule has 0 heterocycles. The maximum Gasteiger partial charge on any atom is 0.263 e. The van der Waals surface area contributed by atoms with Gasteiger partial charge in [-0.3, -0.25) is 4.72 Å². The molecule has 0 aliphatic rings. The highest BCUT2D eigenvalue weighted by molar-refractivity contribution is 7.92. The van der Waals surface area contributed by atoms with Crippen LogP contribution in [0.2, 0.25) is 10.0 Å². The van der Waals surface area contributed by atoms with Crippen LogP contribution in [0.15, 0.2) is 41.3 Å². The molecule has 0 saturated heterocycles. The van der Waals surface area contributed by atoms with Gasteiger partial charge in [-0.25, -0.2) is 12.8 Å². The van der Waals surface area contributed by atoms with Crippen molar-refractivity contribution in [1.82, 2.24) is 0 Å². The fourth-order valence-corrected chi connectivity index (χ4v) is 3.41. The standard InChI is InChI=1S/C13H10Cl2FNO3S/c14-9-2-4-11(16)12(6-9)17-21(19,20)13-5-8(7-18)1-3-10(13)15/h1-6,17-18H,7H2. The van der Waals surface area contributed by atoms with E-state index in [0.717, 1.165) is 12.1 Å². The summed E-state index contributed by atoms with van der Waals surface area (Å²) in [6, 6.07) is 7.54. The van der Waals surface area contributed by atoms with Crippen LogP contribution in [0.4, 0.5) is 10.1 Å². The molecule has 2 aromatic carbocycles. The molecule has 0 radical (unpaired) electrons. The topological polar surface area (TPSA) is 66.4 Å². The molecular formula is C13H10Cl2FNO3S. The lowest BCUT2D eigenvalue weighted by Crippen LogP contribution is -2.15. The molecule has 0 unspecified atom stereocenters.